The maximum absolute atomic E-state index is 10.0. The summed E-state index contributed by atoms with van der Waals surface area (Å²) in [7, 11) is 0. The van der Waals surface area contributed by atoms with Gasteiger partial charge in [-0.2, -0.15) is 0 Å². The molecular formula is C11H9BrClNO. The number of aliphatic hydroxyl groups excluding tert-OH is 1. The first-order valence-electron chi connectivity index (χ1n) is 4.45. The van der Waals surface area contributed by atoms with E-state index < -0.39 is 6.10 Å². The quantitative estimate of drug-likeness (QED) is 0.871. The van der Waals surface area contributed by atoms with Crippen LogP contribution in [0.3, 0.4) is 0 Å². The topological polar surface area (TPSA) is 36.0 Å². The fourth-order valence-electron chi connectivity index (χ4n) is 1.41. The standard InChI is InChI=1S/C11H9BrClNO/c12-7-3-4-9(13)8(6-7)11(15)10-2-1-5-14-10/h1-6,11,14-15H. The first-order chi connectivity index (χ1) is 7.18. The van der Waals surface area contributed by atoms with Crippen LogP contribution in [0.25, 0.3) is 0 Å². The normalized spacial score (nSPS) is 12.7. The Morgan fingerprint density at radius 2 is 2.13 bits per heavy atom. The zero-order valence-electron chi connectivity index (χ0n) is 7.74. The average molecular weight is 287 g/mol. The largest absolute Gasteiger partial charge is 0.382 e. The van der Waals surface area contributed by atoms with Gasteiger partial charge in [0.05, 0.1) is 0 Å². The monoisotopic (exact) mass is 285 g/mol. The summed E-state index contributed by atoms with van der Waals surface area (Å²) < 4.78 is 0.896. The van der Waals surface area contributed by atoms with E-state index in [4.69, 9.17) is 11.6 Å². The highest BCUT2D eigenvalue weighted by atomic mass is 79.9. The van der Waals surface area contributed by atoms with Crippen molar-refractivity contribution in [3.63, 3.8) is 0 Å². The summed E-state index contributed by atoms with van der Waals surface area (Å²) >= 11 is 9.36. The van der Waals surface area contributed by atoms with E-state index in [-0.39, 0.29) is 0 Å². The van der Waals surface area contributed by atoms with Gasteiger partial charge in [-0.05, 0) is 30.3 Å². The van der Waals surface area contributed by atoms with Crippen LogP contribution < -0.4 is 0 Å². The van der Waals surface area contributed by atoms with Crippen LogP contribution >= 0.6 is 27.5 Å². The lowest BCUT2D eigenvalue weighted by molar-refractivity contribution is 0.216. The highest BCUT2D eigenvalue weighted by molar-refractivity contribution is 9.10. The molecule has 1 unspecified atom stereocenters. The van der Waals surface area contributed by atoms with Crippen molar-refractivity contribution in [2.75, 3.05) is 0 Å². The van der Waals surface area contributed by atoms with Gasteiger partial charge >= 0.3 is 0 Å². The van der Waals surface area contributed by atoms with Gasteiger partial charge in [0.25, 0.3) is 0 Å². The number of aliphatic hydroxyl groups is 1. The molecule has 1 aromatic heterocycles. The summed E-state index contributed by atoms with van der Waals surface area (Å²) in [6, 6.07) is 9.07. The van der Waals surface area contributed by atoms with Gasteiger partial charge in [-0.1, -0.05) is 27.5 Å². The molecule has 0 amide bonds. The third-order valence-electron chi connectivity index (χ3n) is 2.17. The average Bonchev–Trinajstić information content (AvgIpc) is 2.74. The Bertz CT molecular complexity index is 456. The molecule has 0 aliphatic heterocycles. The van der Waals surface area contributed by atoms with Gasteiger partial charge in [0, 0.05) is 26.9 Å². The van der Waals surface area contributed by atoms with Crippen LogP contribution in [-0.2, 0) is 0 Å². The van der Waals surface area contributed by atoms with Crippen LogP contribution in [0.15, 0.2) is 41.0 Å². The van der Waals surface area contributed by atoms with Gasteiger partial charge in [0.15, 0.2) is 0 Å². The minimum atomic E-state index is -0.718. The summed E-state index contributed by atoms with van der Waals surface area (Å²) in [5, 5.41) is 10.6. The van der Waals surface area contributed by atoms with E-state index in [0.717, 1.165) is 10.2 Å². The molecular weight excluding hydrogens is 277 g/mol. The predicted octanol–water partition coefficient (Wildman–Crippen LogP) is 3.51. The highest BCUT2D eigenvalue weighted by Crippen LogP contribution is 2.29. The van der Waals surface area contributed by atoms with Crippen molar-refractivity contribution < 1.29 is 5.11 Å². The van der Waals surface area contributed by atoms with Crippen molar-refractivity contribution in [2.45, 2.75) is 6.10 Å². The molecule has 1 atom stereocenters. The van der Waals surface area contributed by atoms with Crippen LogP contribution in [0.1, 0.15) is 17.4 Å². The minimum Gasteiger partial charge on any atom is -0.382 e. The van der Waals surface area contributed by atoms with Gasteiger partial charge < -0.3 is 10.1 Å². The van der Waals surface area contributed by atoms with Crippen LogP contribution in [0.2, 0.25) is 5.02 Å². The second-order valence-corrected chi connectivity index (χ2v) is 4.52. The van der Waals surface area contributed by atoms with E-state index in [1.807, 2.05) is 24.3 Å². The van der Waals surface area contributed by atoms with Crippen molar-refractivity contribution in [3.05, 3.63) is 57.3 Å². The maximum atomic E-state index is 10.0. The molecule has 2 rings (SSSR count). The third kappa shape index (κ3) is 2.25. The van der Waals surface area contributed by atoms with Crippen molar-refractivity contribution in [1.29, 1.82) is 0 Å². The fourth-order valence-corrected chi connectivity index (χ4v) is 2.01. The van der Waals surface area contributed by atoms with E-state index in [1.54, 1.807) is 12.3 Å². The molecule has 0 spiro atoms. The molecule has 2 aromatic rings. The molecule has 0 aliphatic rings. The Labute approximate surface area is 101 Å². The van der Waals surface area contributed by atoms with E-state index in [1.165, 1.54) is 0 Å². The second kappa shape index (κ2) is 4.39. The Balaban J connectivity index is 2.41. The molecule has 2 nitrogen and oxygen atoms in total. The molecule has 0 bridgehead atoms. The second-order valence-electron chi connectivity index (χ2n) is 3.19. The molecule has 4 heteroatoms. The van der Waals surface area contributed by atoms with E-state index in [2.05, 4.69) is 20.9 Å². The molecule has 0 saturated heterocycles. The number of halogens is 2. The molecule has 0 saturated carbocycles. The van der Waals surface area contributed by atoms with Crippen LogP contribution in [0.4, 0.5) is 0 Å². The Hall–Kier alpha value is -0.770. The van der Waals surface area contributed by atoms with E-state index in [9.17, 15) is 5.11 Å². The number of H-pyrrole nitrogens is 1. The zero-order valence-corrected chi connectivity index (χ0v) is 10.1. The van der Waals surface area contributed by atoms with Crippen molar-refractivity contribution in [3.8, 4) is 0 Å². The minimum absolute atomic E-state index is 0.556. The number of hydrogen-bond acceptors (Lipinski definition) is 1. The van der Waals surface area contributed by atoms with E-state index in [0.29, 0.717) is 10.6 Å². The first-order valence-corrected chi connectivity index (χ1v) is 5.62. The summed E-state index contributed by atoms with van der Waals surface area (Å²) in [6.45, 7) is 0. The summed E-state index contributed by atoms with van der Waals surface area (Å²) in [4.78, 5) is 2.96. The molecule has 1 heterocycles. The van der Waals surface area contributed by atoms with Gasteiger partial charge in [0.1, 0.15) is 6.10 Å². The van der Waals surface area contributed by atoms with Gasteiger partial charge in [-0.25, -0.2) is 0 Å². The number of benzene rings is 1. The predicted molar refractivity (Wildman–Crippen MR) is 64.0 cm³/mol. The number of rotatable bonds is 2. The lowest BCUT2D eigenvalue weighted by Crippen LogP contribution is -2.00. The van der Waals surface area contributed by atoms with Crippen LogP contribution in [-0.4, -0.2) is 10.1 Å². The Morgan fingerprint density at radius 3 is 2.80 bits per heavy atom. The fraction of sp³-hybridized carbons (Fsp3) is 0.0909. The smallest absolute Gasteiger partial charge is 0.120 e. The number of hydrogen-bond donors (Lipinski definition) is 2. The van der Waals surface area contributed by atoms with Gasteiger partial charge in [0.2, 0.25) is 0 Å². The molecule has 0 radical (unpaired) electrons. The van der Waals surface area contributed by atoms with Crippen molar-refractivity contribution in [1.82, 2.24) is 4.98 Å². The van der Waals surface area contributed by atoms with Crippen LogP contribution in [0, 0.1) is 0 Å². The molecule has 0 aliphatic carbocycles. The maximum Gasteiger partial charge on any atom is 0.120 e. The molecule has 15 heavy (non-hydrogen) atoms. The molecule has 1 aromatic carbocycles. The van der Waals surface area contributed by atoms with Gasteiger partial charge in [-0.3, -0.25) is 0 Å². The highest BCUT2D eigenvalue weighted by Gasteiger charge is 2.14. The lowest BCUT2D eigenvalue weighted by Gasteiger charge is -2.11. The van der Waals surface area contributed by atoms with Crippen molar-refractivity contribution in [2.24, 2.45) is 0 Å². The number of aromatic amines is 1. The van der Waals surface area contributed by atoms with Crippen LogP contribution in [0.5, 0.6) is 0 Å². The van der Waals surface area contributed by atoms with Gasteiger partial charge in [-0.15, -0.1) is 0 Å². The molecule has 0 fully saturated rings. The Kier molecular flexibility index (Phi) is 3.14. The molecule has 78 valence electrons. The van der Waals surface area contributed by atoms with Crippen molar-refractivity contribution >= 4 is 27.5 Å². The SMILES string of the molecule is OC(c1ccc[nH]1)c1cc(Br)ccc1Cl. The van der Waals surface area contributed by atoms with E-state index >= 15 is 0 Å². The summed E-state index contributed by atoms with van der Waals surface area (Å²) in [6.07, 6.45) is 1.05. The Morgan fingerprint density at radius 1 is 1.33 bits per heavy atom. The lowest BCUT2D eigenvalue weighted by atomic mass is 10.1. The number of aromatic nitrogens is 1. The first kappa shape index (κ1) is 10.7. The summed E-state index contributed by atoms with van der Waals surface area (Å²) in [5.74, 6) is 0. The molecule has 2 N–H and O–H groups in total. The number of nitrogens with one attached hydrogen (secondary N) is 1. The zero-order chi connectivity index (χ0) is 10.8. The summed E-state index contributed by atoms with van der Waals surface area (Å²) in [5.41, 5.74) is 1.42. The third-order valence-corrected chi connectivity index (χ3v) is 3.01.